The molecule has 1 aromatic heterocycles. The van der Waals surface area contributed by atoms with Crippen LogP contribution in [0.25, 0.3) is 0 Å². The quantitative estimate of drug-likeness (QED) is 0.822. The molecule has 0 aliphatic carbocycles. The monoisotopic (exact) mass is 252 g/mol. The molecule has 0 radical (unpaired) electrons. The third-order valence-electron chi connectivity index (χ3n) is 2.41. The highest BCUT2D eigenvalue weighted by Gasteiger charge is 2.16. The van der Waals surface area contributed by atoms with E-state index in [1.807, 2.05) is 25.3 Å². The minimum atomic E-state index is -0.145. The second kappa shape index (κ2) is 5.79. The van der Waals surface area contributed by atoms with Gasteiger partial charge in [-0.25, -0.2) is 0 Å². The molecule has 1 heterocycles. The SMILES string of the molecule is C#CCC(C)NC(=O)c1cc(Cl)cn1C(C)C. The van der Waals surface area contributed by atoms with Crippen LogP contribution in [0.5, 0.6) is 0 Å². The Morgan fingerprint density at radius 1 is 1.59 bits per heavy atom. The Labute approximate surface area is 107 Å². The van der Waals surface area contributed by atoms with E-state index >= 15 is 0 Å². The number of hydrogen-bond acceptors (Lipinski definition) is 1. The van der Waals surface area contributed by atoms with Crippen LogP contribution in [0, 0.1) is 12.3 Å². The van der Waals surface area contributed by atoms with Crippen LogP contribution in [0.15, 0.2) is 12.3 Å². The number of nitrogens with one attached hydrogen (secondary N) is 1. The molecule has 0 aliphatic rings. The molecule has 0 saturated heterocycles. The molecule has 17 heavy (non-hydrogen) atoms. The molecular weight excluding hydrogens is 236 g/mol. The molecule has 92 valence electrons. The number of terminal acetylenes is 1. The molecule has 4 heteroatoms. The van der Waals surface area contributed by atoms with Gasteiger partial charge in [0.2, 0.25) is 0 Å². The highest BCUT2D eigenvalue weighted by atomic mass is 35.5. The Hall–Kier alpha value is -1.40. The van der Waals surface area contributed by atoms with Gasteiger partial charge in [0, 0.05) is 24.7 Å². The van der Waals surface area contributed by atoms with Gasteiger partial charge in [0.25, 0.3) is 5.91 Å². The summed E-state index contributed by atoms with van der Waals surface area (Å²) in [4.78, 5) is 12.0. The predicted molar refractivity (Wildman–Crippen MR) is 70.2 cm³/mol. The lowest BCUT2D eigenvalue weighted by Gasteiger charge is -2.15. The number of nitrogens with zero attached hydrogens (tertiary/aromatic N) is 1. The number of aromatic nitrogens is 1. The Balaban J connectivity index is 2.85. The van der Waals surface area contributed by atoms with Crippen molar-refractivity contribution in [2.24, 2.45) is 0 Å². The summed E-state index contributed by atoms with van der Waals surface area (Å²) >= 11 is 5.92. The number of rotatable bonds is 4. The van der Waals surface area contributed by atoms with Crippen molar-refractivity contribution in [1.29, 1.82) is 0 Å². The number of hydrogen-bond donors (Lipinski definition) is 1. The van der Waals surface area contributed by atoms with Crippen LogP contribution in [-0.2, 0) is 0 Å². The maximum atomic E-state index is 12.0. The predicted octanol–water partition coefficient (Wildman–Crippen LogP) is 2.86. The van der Waals surface area contributed by atoms with Crippen molar-refractivity contribution >= 4 is 17.5 Å². The van der Waals surface area contributed by atoms with Crippen molar-refractivity contribution in [2.45, 2.75) is 39.3 Å². The summed E-state index contributed by atoms with van der Waals surface area (Å²) in [5.41, 5.74) is 0.564. The second-order valence-corrected chi connectivity index (χ2v) is 4.76. The average Bonchev–Trinajstić information content (AvgIpc) is 2.60. The first kappa shape index (κ1) is 13.7. The summed E-state index contributed by atoms with van der Waals surface area (Å²) in [6.07, 6.45) is 7.47. The topological polar surface area (TPSA) is 34.0 Å². The Bertz CT molecular complexity index is 443. The molecule has 1 amide bonds. The number of carbonyl (C=O) groups is 1. The highest BCUT2D eigenvalue weighted by Crippen LogP contribution is 2.18. The Kier molecular flexibility index (Phi) is 4.65. The number of amides is 1. The molecule has 3 nitrogen and oxygen atoms in total. The first-order chi connectivity index (χ1) is 7.95. The van der Waals surface area contributed by atoms with E-state index in [0.29, 0.717) is 17.1 Å². The zero-order valence-corrected chi connectivity index (χ0v) is 11.1. The highest BCUT2D eigenvalue weighted by molar-refractivity contribution is 6.31. The van der Waals surface area contributed by atoms with Gasteiger partial charge in [-0.05, 0) is 26.8 Å². The lowest BCUT2D eigenvalue weighted by Crippen LogP contribution is -2.33. The Morgan fingerprint density at radius 2 is 2.24 bits per heavy atom. The Morgan fingerprint density at radius 3 is 2.76 bits per heavy atom. The number of halogens is 1. The first-order valence-electron chi connectivity index (χ1n) is 5.57. The summed E-state index contributed by atoms with van der Waals surface area (Å²) < 4.78 is 1.85. The number of carbonyl (C=O) groups excluding carboxylic acids is 1. The fourth-order valence-corrected chi connectivity index (χ4v) is 1.79. The van der Waals surface area contributed by atoms with Crippen molar-refractivity contribution in [3.63, 3.8) is 0 Å². The van der Waals surface area contributed by atoms with Crippen LogP contribution in [0.3, 0.4) is 0 Å². The van der Waals surface area contributed by atoms with Gasteiger partial charge in [-0.2, -0.15) is 0 Å². The van der Waals surface area contributed by atoms with Gasteiger partial charge in [0.05, 0.1) is 5.02 Å². The maximum absolute atomic E-state index is 12.0. The largest absolute Gasteiger partial charge is 0.347 e. The maximum Gasteiger partial charge on any atom is 0.268 e. The minimum absolute atomic E-state index is 0.0400. The second-order valence-electron chi connectivity index (χ2n) is 4.33. The minimum Gasteiger partial charge on any atom is -0.347 e. The van der Waals surface area contributed by atoms with Crippen molar-refractivity contribution in [2.75, 3.05) is 0 Å². The van der Waals surface area contributed by atoms with Crippen LogP contribution >= 0.6 is 11.6 Å². The van der Waals surface area contributed by atoms with Gasteiger partial charge < -0.3 is 9.88 Å². The summed E-state index contributed by atoms with van der Waals surface area (Å²) in [6.45, 7) is 5.87. The normalized spacial score (nSPS) is 12.2. The lowest BCUT2D eigenvalue weighted by atomic mass is 10.2. The molecule has 0 spiro atoms. The van der Waals surface area contributed by atoms with E-state index in [9.17, 15) is 4.79 Å². The summed E-state index contributed by atoms with van der Waals surface area (Å²) in [7, 11) is 0. The molecule has 0 aliphatic heterocycles. The molecule has 1 unspecified atom stereocenters. The molecular formula is C13H17ClN2O. The van der Waals surface area contributed by atoms with E-state index in [-0.39, 0.29) is 18.0 Å². The fourth-order valence-electron chi connectivity index (χ4n) is 1.58. The molecule has 0 saturated carbocycles. The van der Waals surface area contributed by atoms with Crippen LogP contribution in [0.1, 0.15) is 43.7 Å². The molecule has 0 fully saturated rings. The molecule has 1 aromatic rings. The smallest absolute Gasteiger partial charge is 0.268 e. The van der Waals surface area contributed by atoms with E-state index in [4.69, 9.17) is 18.0 Å². The summed E-state index contributed by atoms with van der Waals surface area (Å²) in [5.74, 6) is 2.37. The standard InChI is InChI=1S/C13H17ClN2O/c1-5-6-10(4)15-13(17)12-7-11(14)8-16(12)9(2)3/h1,7-10H,6H2,2-4H3,(H,15,17). The van der Waals surface area contributed by atoms with Gasteiger partial charge >= 0.3 is 0 Å². The fraction of sp³-hybridized carbons (Fsp3) is 0.462. The van der Waals surface area contributed by atoms with Gasteiger partial charge in [-0.15, -0.1) is 12.3 Å². The molecule has 1 rings (SSSR count). The van der Waals surface area contributed by atoms with Crippen molar-refractivity contribution < 1.29 is 4.79 Å². The van der Waals surface area contributed by atoms with Crippen LogP contribution in [0.4, 0.5) is 0 Å². The van der Waals surface area contributed by atoms with Gasteiger partial charge in [-0.1, -0.05) is 11.6 Å². The van der Waals surface area contributed by atoms with Gasteiger partial charge in [0.1, 0.15) is 5.69 Å². The third-order valence-corrected chi connectivity index (χ3v) is 2.61. The lowest BCUT2D eigenvalue weighted by molar-refractivity contribution is 0.0930. The van der Waals surface area contributed by atoms with Gasteiger partial charge in [-0.3, -0.25) is 4.79 Å². The third kappa shape index (κ3) is 3.54. The molecule has 1 N–H and O–H groups in total. The van der Waals surface area contributed by atoms with Crippen molar-refractivity contribution in [1.82, 2.24) is 9.88 Å². The zero-order chi connectivity index (χ0) is 13.0. The van der Waals surface area contributed by atoms with Crippen LogP contribution < -0.4 is 5.32 Å². The summed E-state index contributed by atoms with van der Waals surface area (Å²) in [5, 5.41) is 3.41. The van der Waals surface area contributed by atoms with Crippen molar-refractivity contribution in [3.8, 4) is 12.3 Å². The molecule has 0 aromatic carbocycles. The van der Waals surface area contributed by atoms with Crippen molar-refractivity contribution in [3.05, 3.63) is 23.0 Å². The van der Waals surface area contributed by atoms with Gasteiger partial charge in [0.15, 0.2) is 0 Å². The van der Waals surface area contributed by atoms with Crippen LogP contribution in [0.2, 0.25) is 5.02 Å². The first-order valence-corrected chi connectivity index (χ1v) is 5.95. The van der Waals surface area contributed by atoms with E-state index in [1.165, 1.54) is 0 Å². The molecule has 0 bridgehead atoms. The van der Waals surface area contributed by atoms with Crippen LogP contribution in [-0.4, -0.2) is 16.5 Å². The summed E-state index contributed by atoms with van der Waals surface area (Å²) in [6, 6.07) is 1.81. The van der Waals surface area contributed by atoms with E-state index < -0.39 is 0 Å². The van der Waals surface area contributed by atoms with E-state index in [1.54, 1.807) is 12.3 Å². The average molecular weight is 253 g/mol. The van der Waals surface area contributed by atoms with E-state index in [2.05, 4.69) is 11.2 Å². The molecule has 1 atom stereocenters. The van der Waals surface area contributed by atoms with E-state index in [0.717, 1.165) is 0 Å². The zero-order valence-electron chi connectivity index (χ0n) is 10.3.